The molecule has 1 aliphatic carbocycles. The van der Waals surface area contributed by atoms with E-state index in [1.54, 1.807) is 0 Å². The normalized spacial score (nSPS) is 24.0. The van der Waals surface area contributed by atoms with E-state index in [1.807, 2.05) is 0 Å². The van der Waals surface area contributed by atoms with Crippen molar-refractivity contribution in [1.82, 2.24) is 0 Å². The van der Waals surface area contributed by atoms with E-state index >= 15 is 0 Å². The topological polar surface area (TPSA) is 74.6 Å². The Balaban J connectivity index is 3.43. The van der Waals surface area contributed by atoms with E-state index < -0.39 is 29.1 Å². The van der Waals surface area contributed by atoms with Crippen LogP contribution in [0.15, 0.2) is 23.0 Å². The maximum atomic E-state index is 13.5. The molecule has 0 spiro atoms. The summed E-state index contributed by atoms with van der Waals surface area (Å²) in [6.45, 7) is 4.31. The van der Waals surface area contributed by atoms with Gasteiger partial charge in [0.05, 0.1) is 0 Å². The molecule has 0 amide bonds. The van der Waals surface area contributed by atoms with Crippen molar-refractivity contribution in [2.75, 3.05) is 0 Å². The zero-order chi connectivity index (χ0) is 12.7. The van der Waals surface area contributed by atoms with E-state index in [0.29, 0.717) is 0 Å². The summed E-state index contributed by atoms with van der Waals surface area (Å²) < 4.78 is 13.5. The van der Waals surface area contributed by atoms with Crippen LogP contribution in [-0.4, -0.2) is 22.2 Å². The maximum Gasteiger partial charge on any atom is 0.332 e. The molecule has 0 aromatic carbocycles. The van der Waals surface area contributed by atoms with Gasteiger partial charge in [0, 0.05) is 11.0 Å². The predicted molar refractivity (Wildman–Crippen MR) is 54.4 cm³/mol. The fourth-order valence-electron chi connectivity index (χ4n) is 2.23. The second-order valence-corrected chi connectivity index (χ2v) is 4.39. The molecule has 0 aliphatic heterocycles. The summed E-state index contributed by atoms with van der Waals surface area (Å²) in [5, 5.41) is 18.0. The minimum Gasteiger partial charge on any atom is -0.481 e. The van der Waals surface area contributed by atoms with E-state index in [2.05, 4.69) is 0 Å². The second kappa shape index (κ2) is 3.73. The molecule has 0 bridgehead atoms. The third-order valence-electron chi connectivity index (χ3n) is 2.85. The minimum atomic E-state index is -1.44. The molecule has 4 nitrogen and oxygen atoms in total. The van der Waals surface area contributed by atoms with E-state index in [4.69, 9.17) is 10.2 Å². The first-order valence-electron chi connectivity index (χ1n) is 4.74. The molecule has 0 saturated carbocycles. The molecule has 1 aliphatic rings. The standard InChI is InChI=1S/C11H13FO4/c1-5-4-6(12)8(10(15)16)11(2,3)7(5)9(13)14/h4,8H,1-3H3,(H,13,14)(H,15,16). The Labute approximate surface area is 92.1 Å². The Kier molecular flexibility index (Phi) is 2.90. The molecule has 1 atom stereocenters. The summed E-state index contributed by atoms with van der Waals surface area (Å²) in [5.74, 6) is -4.82. The maximum absolute atomic E-state index is 13.5. The molecule has 0 heterocycles. The Morgan fingerprint density at radius 1 is 1.38 bits per heavy atom. The van der Waals surface area contributed by atoms with Gasteiger partial charge in [-0.15, -0.1) is 0 Å². The second-order valence-electron chi connectivity index (χ2n) is 4.39. The number of carboxylic acids is 2. The molecule has 0 fully saturated rings. The summed E-state index contributed by atoms with van der Waals surface area (Å²) in [6, 6.07) is 0. The van der Waals surface area contributed by atoms with Crippen molar-refractivity contribution in [3.05, 3.63) is 23.0 Å². The van der Waals surface area contributed by atoms with Crippen molar-refractivity contribution in [1.29, 1.82) is 0 Å². The van der Waals surface area contributed by atoms with Crippen molar-refractivity contribution < 1.29 is 24.2 Å². The zero-order valence-electron chi connectivity index (χ0n) is 9.24. The van der Waals surface area contributed by atoms with Gasteiger partial charge >= 0.3 is 11.9 Å². The molecular weight excluding hydrogens is 215 g/mol. The van der Waals surface area contributed by atoms with Gasteiger partial charge in [-0.1, -0.05) is 13.8 Å². The summed E-state index contributed by atoms with van der Waals surface area (Å²) in [5.41, 5.74) is -1.06. The number of carbonyl (C=O) groups is 2. The quantitative estimate of drug-likeness (QED) is 0.757. The van der Waals surface area contributed by atoms with Crippen molar-refractivity contribution in [3.8, 4) is 0 Å². The lowest BCUT2D eigenvalue weighted by Crippen LogP contribution is -2.38. The molecule has 1 rings (SSSR count). The van der Waals surface area contributed by atoms with Crippen LogP contribution in [0, 0.1) is 11.3 Å². The highest BCUT2D eigenvalue weighted by Gasteiger charge is 2.46. The van der Waals surface area contributed by atoms with Gasteiger partial charge < -0.3 is 10.2 Å². The first-order chi connectivity index (χ1) is 7.19. The molecule has 5 heteroatoms. The van der Waals surface area contributed by atoms with Gasteiger partial charge in [0.25, 0.3) is 0 Å². The highest BCUT2D eigenvalue weighted by atomic mass is 19.1. The molecule has 0 aromatic rings. The molecule has 2 N–H and O–H groups in total. The summed E-state index contributed by atoms with van der Waals surface area (Å²) in [4.78, 5) is 22.0. The molecule has 0 saturated heterocycles. The van der Waals surface area contributed by atoms with Gasteiger partial charge in [-0.2, -0.15) is 0 Å². The number of allylic oxidation sites excluding steroid dienone is 2. The zero-order valence-corrected chi connectivity index (χ0v) is 9.24. The highest BCUT2D eigenvalue weighted by molar-refractivity contribution is 5.92. The van der Waals surface area contributed by atoms with Gasteiger partial charge in [-0.25, -0.2) is 9.18 Å². The van der Waals surface area contributed by atoms with Crippen LogP contribution in [0.1, 0.15) is 20.8 Å². The van der Waals surface area contributed by atoms with Crippen molar-refractivity contribution >= 4 is 11.9 Å². The molecular formula is C11H13FO4. The van der Waals surface area contributed by atoms with Crippen LogP contribution in [0.5, 0.6) is 0 Å². The molecule has 16 heavy (non-hydrogen) atoms. The SMILES string of the molecule is CC1=C(C(=O)O)C(C)(C)C(C(=O)O)C(F)=C1. The number of rotatable bonds is 2. The highest BCUT2D eigenvalue weighted by Crippen LogP contribution is 2.45. The first kappa shape index (κ1) is 12.4. The summed E-state index contributed by atoms with van der Waals surface area (Å²) in [7, 11) is 0. The van der Waals surface area contributed by atoms with Crippen LogP contribution in [0.3, 0.4) is 0 Å². The average Bonchev–Trinajstić information content (AvgIpc) is 1.97. The van der Waals surface area contributed by atoms with Crippen LogP contribution < -0.4 is 0 Å². The molecule has 0 radical (unpaired) electrons. The van der Waals surface area contributed by atoms with Gasteiger partial charge in [0.15, 0.2) is 0 Å². The Morgan fingerprint density at radius 3 is 2.25 bits per heavy atom. The van der Waals surface area contributed by atoms with Gasteiger partial charge in [-0.3, -0.25) is 4.79 Å². The Hall–Kier alpha value is -1.65. The molecule has 88 valence electrons. The van der Waals surface area contributed by atoms with Crippen LogP contribution >= 0.6 is 0 Å². The first-order valence-corrected chi connectivity index (χ1v) is 4.74. The van der Waals surface area contributed by atoms with E-state index in [9.17, 15) is 14.0 Å². The van der Waals surface area contributed by atoms with E-state index in [1.165, 1.54) is 20.8 Å². The van der Waals surface area contributed by atoms with Crippen molar-refractivity contribution in [2.24, 2.45) is 11.3 Å². The number of hydrogen-bond donors (Lipinski definition) is 2. The van der Waals surface area contributed by atoms with E-state index in [0.717, 1.165) is 6.08 Å². The van der Waals surface area contributed by atoms with Gasteiger partial charge in [0.2, 0.25) is 0 Å². The predicted octanol–water partition coefficient (Wildman–Crippen LogP) is 1.98. The van der Waals surface area contributed by atoms with Crippen LogP contribution in [-0.2, 0) is 9.59 Å². The largest absolute Gasteiger partial charge is 0.481 e. The summed E-state index contributed by atoms with van der Waals surface area (Å²) in [6.07, 6.45) is 0.980. The third kappa shape index (κ3) is 1.73. The van der Waals surface area contributed by atoms with Crippen LogP contribution in [0.4, 0.5) is 4.39 Å². The lowest BCUT2D eigenvalue weighted by atomic mass is 9.68. The fraction of sp³-hybridized carbons (Fsp3) is 0.455. The Morgan fingerprint density at radius 2 is 1.88 bits per heavy atom. The van der Waals surface area contributed by atoms with Gasteiger partial charge in [0.1, 0.15) is 11.7 Å². The third-order valence-corrected chi connectivity index (χ3v) is 2.85. The summed E-state index contributed by atoms with van der Waals surface area (Å²) >= 11 is 0. The Bertz CT molecular complexity index is 418. The smallest absolute Gasteiger partial charge is 0.332 e. The number of hydrogen-bond acceptors (Lipinski definition) is 2. The lowest BCUT2D eigenvalue weighted by molar-refractivity contribution is -0.144. The van der Waals surface area contributed by atoms with Crippen LogP contribution in [0.25, 0.3) is 0 Å². The minimum absolute atomic E-state index is 0.0544. The van der Waals surface area contributed by atoms with Gasteiger partial charge in [-0.05, 0) is 18.6 Å². The number of halogens is 1. The number of carboxylic acid groups (broad SMARTS) is 2. The molecule has 1 unspecified atom stereocenters. The van der Waals surface area contributed by atoms with E-state index in [-0.39, 0.29) is 11.1 Å². The monoisotopic (exact) mass is 228 g/mol. The number of aliphatic carboxylic acids is 2. The van der Waals surface area contributed by atoms with Crippen LogP contribution in [0.2, 0.25) is 0 Å². The van der Waals surface area contributed by atoms with Crippen molar-refractivity contribution in [2.45, 2.75) is 20.8 Å². The fourth-order valence-corrected chi connectivity index (χ4v) is 2.23. The molecule has 0 aromatic heterocycles. The lowest BCUT2D eigenvalue weighted by Gasteiger charge is -2.35. The van der Waals surface area contributed by atoms with Crippen molar-refractivity contribution in [3.63, 3.8) is 0 Å². The average molecular weight is 228 g/mol.